The lowest BCUT2D eigenvalue weighted by Crippen LogP contribution is -2.27. The number of rotatable bonds is 4. The van der Waals surface area contributed by atoms with Crippen LogP contribution in [0.1, 0.15) is 6.92 Å². The Kier molecular flexibility index (Phi) is 4.25. The molecule has 0 spiro atoms. The van der Waals surface area contributed by atoms with Crippen LogP contribution in [0.25, 0.3) is 0 Å². The summed E-state index contributed by atoms with van der Waals surface area (Å²) in [5, 5.41) is 10.7. The van der Waals surface area contributed by atoms with Crippen molar-refractivity contribution in [1.82, 2.24) is 0 Å². The maximum Gasteiger partial charge on any atom is 0.315 e. The number of nitrogens with one attached hydrogen (secondary N) is 1. The van der Waals surface area contributed by atoms with Crippen LogP contribution in [0.2, 0.25) is 0 Å². The molecule has 0 saturated carbocycles. The van der Waals surface area contributed by atoms with Crippen molar-refractivity contribution in [3.8, 4) is 0 Å². The van der Waals surface area contributed by atoms with Gasteiger partial charge in [-0.3, -0.25) is 9.59 Å². The average Bonchev–Trinajstić information content (AvgIpc) is 2.29. The highest BCUT2D eigenvalue weighted by Crippen LogP contribution is 2.20. The molecule has 1 aromatic carbocycles. The SMILES string of the molecule is CC(C(=O)O)C(=O)Nc1cc(S(C)(=O)=O)ccc1F. The van der Waals surface area contributed by atoms with Gasteiger partial charge in [0.25, 0.3) is 0 Å². The topological polar surface area (TPSA) is 101 Å². The van der Waals surface area contributed by atoms with E-state index in [1.807, 2.05) is 5.32 Å². The summed E-state index contributed by atoms with van der Waals surface area (Å²) in [6.45, 7) is 1.13. The fraction of sp³-hybridized carbons (Fsp3) is 0.273. The molecule has 0 aliphatic rings. The predicted octanol–water partition coefficient (Wildman–Crippen LogP) is 0.888. The summed E-state index contributed by atoms with van der Waals surface area (Å²) in [7, 11) is -3.55. The highest BCUT2D eigenvalue weighted by Gasteiger charge is 2.22. The normalized spacial score (nSPS) is 12.8. The number of carbonyl (C=O) groups excluding carboxylic acids is 1. The summed E-state index contributed by atoms with van der Waals surface area (Å²) in [5.41, 5.74) is -0.374. The van der Waals surface area contributed by atoms with Crippen LogP contribution in [0.3, 0.4) is 0 Å². The summed E-state index contributed by atoms with van der Waals surface area (Å²) in [6.07, 6.45) is 0.936. The molecule has 1 aromatic rings. The molecule has 1 rings (SSSR count). The van der Waals surface area contributed by atoms with Gasteiger partial charge in [0.05, 0.1) is 10.6 Å². The van der Waals surface area contributed by atoms with Gasteiger partial charge in [0.1, 0.15) is 11.7 Å². The molecule has 0 aromatic heterocycles. The molecule has 19 heavy (non-hydrogen) atoms. The molecule has 0 heterocycles. The number of benzene rings is 1. The lowest BCUT2D eigenvalue weighted by molar-refractivity contribution is -0.144. The van der Waals surface area contributed by atoms with Crippen molar-refractivity contribution in [2.24, 2.45) is 5.92 Å². The Morgan fingerprint density at radius 2 is 1.95 bits per heavy atom. The van der Waals surface area contributed by atoms with E-state index in [2.05, 4.69) is 0 Å². The standard InChI is InChI=1S/C11H12FNO5S/c1-6(11(15)16)10(14)13-9-5-7(19(2,17)18)3-4-8(9)12/h3-6H,1-2H3,(H,13,14)(H,15,16). The Morgan fingerprint density at radius 3 is 2.42 bits per heavy atom. The first-order valence-electron chi connectivity index (χ1n) is 5.16. The zero-order valence-electron chi connectivity index (χ0n) is 10.2. The number of carbonyl (C=O) groups is 2. The number of halogens is 1. The average molecular weight is 289 g/mol. The van der Waals surface area contributed by atoms with Gasteiger partial charge in [0.2, 0.25) is 5.91 Å². The second-order valence-electron chi connectivity index (χ2n) is 3.96. The molecule has 1 amide bonds. The number of anilines is 1. The molecule has 0 bridgehead atoms. The molecule has 0 fully saturated rings. The van der Waals surface area contributed by atoms with Crippen molar-refractivity contribution in [2.75, 3.05) is 11.6 Å². The van der Waals surface area contributed by atoms with Gasteiger partial charge < -0.3 is 10.4 Å². The molecule has 0 radical (unpaired) electrons. The van der Waals surface area contributed by atoms with E-state index in [0.717, 1.165) is 31.4 Å². The van der Waals surface area contributed by atoms with Crippen LogP contribution in [-0.4, -0.2) is 31.7 Å². The minimum atomic E-state index is -3.55. The molecule has 0 aliphatic heterocycles. The number of aliphatic carboxylic acids is 1. The third-order valence-electron chi connectivity index (χ3n) is 2.39. The lowest BCUT2D eigenvalue weighted by Gasteiger charge is -2.10. The highest BCUT2D eigenvalue weighted by atomic mass is 32.2. The van der Waals surface area contributed by atoms with Crippen LogP contribution in [0.4, 0.5) is 10.1 Å². The fourth-order valence-electron chi connectivity index (χ4n) is 1.18. The van der Waals surface area contributed by atoms with E-state index in [1.165, 1.54) is 0 Å². The van der Waals surface area contributed by atoms with Crippen molar-refractivity contribution in [3.63, 3.8) is 0 Å². The molecule has 6 nitrogen and oxygen atoms in total. The second-order valence-corrected chi connectivity index (χ2v) is 5.98. The maximum atomic E-state index is 13.4. The lowest BCUT2D eigenvalue weighted by atomic mass is 10.1. The van der Waals surface area contributed by atoms with Crippen molar-refractivity contribution in [2.45, 2.75) is 11.8 Å². The molecule has 0 saturated heterocycles. The van der Waals surface area contributed by atoms with Crippen molar-refractivity contribution >= 4 is 27.4 Å². The minimum Gasteiger partial charge on any atom is -0.481 e. The van der Waals surface area contributed by atoms with E-state index in [-0.39, 0.29) is 10.6 Å². The van der Waals surface area contributed by atoms with E-state index < -0.39 is 33.4 Å². The molecule has 2 N–H and O–H groups in total. The summed E-state index contributed by atoms with van der Waals surface area (Å²) < 4.78 is 36.0. The summed E-state index contributed by atoms with van der Waals surface area (Å²) in [6, 6.07) is 2.88. The van der Waals surface area contributed by atoms with E-state index >= 15 is 0 Å². The van der Waals surface area contributed by atoms with Gasteiger partial charge in [0.15, 0.2) is 9.84 Å². The van der Waals surface area contributed by atoms with Crippen molar-refractivity contribution in [3.05, 3.63) is 24.0 Å². The zero-order chi connectivity index (χ0) is 14.8. The van der Waals surface area contributed by atoms with Gasteiger partial charge in [-0.1, -0.05) is 0 Å². The molecule has 1 unspecified atom stereocenters. The largest absolute Gasteiger partial charge is 0.481 e. The first-order chi connectivity index (χ1) is 8.62. The number of carboxylic acid groups (broad SMARTS) is 1. The van der Waals surface area contributed by atoms with E-state index in [4.69, 9.17) is 5.11 Å². The van der Waals surface area contributed by atoms with Crippen molar-refractivity contribution < 1.29 is 27.5 Å². The molecule has 0 aliphatic carbocycles. The molecule has 8 heteroatoms. The third kappa shape index (κ3) is 3.75. The first kappa shape index (κ1) is 15.1. The molecule has 1 atom stereocenters. The smallest absolute Gasteiger partial charge is 0.315 e. The van der Waals surface area contributed by atoms with Crippen LogP contribution in [-0.2, 0) is 19.4 Å². The minimum absolute atomic E-state index is 0.174. The van der Waals surface area contributed by atoms with Crippen LogP contribution in [0.5, 0.6) is 0 Å². The molecule has 104 valence electrons. The summed E-state index contributed by atoms with van der Waals surface area (Å²) in [5.74, 6) is -4.52. The Balaban J connectivity index is 3.08. The van der Waals surface area contributed by atoms with Crippen LogP contribution in [0, 0.1) is 11.7 Å². The van der Waals surface area contributed by atoms with Gasteiger partial charge >= 0.3 is 5.97 Å². The van der Waals surface area contributed by atoms with Gasteiger partial charge in [-0.15, -0.1) is 0 Å². The number of hydrogen-bond donors (Lipinski definition) is 2. The van der Waals surface area contributed by atoms with Gasteiger partial charge in [0, 0.05) is 6.26 Å². The third-order valence-corrected chi connectivity index (χ3v) is 3.50. The second kappa shape index (κ2) is 5.35. The predicted molar refractivity (Wildman–Crippen MR) is 64.9 cm³/mol. The maximum absolute atomic E-state index is 13.4. The van der Waals surface area contributed by atoms with E-state index in [9.17, 15) is 22.4 Å². The Hall–Kier alpha value is -1.96. The summed E-state index contributed by atoms with van der Waals surface area (Å²) >= 11 is 0. The molecular formula is C11H12FNO5S. The monoisotopic (exact) mass is 289 g/mol. The number of carboxylic acids is 1. The number of amides is 1. The Labute approximate surface area is 109 Å². The van der Waals surface area contributed by atoms with Crippen molar-refractivity contribution in [1.29, 1.82) is 0 Å². The van der Waals surface area contributed by atoms with Crippen LogP contribution < -0.4 is 5.32 Å². The fourth-order valence-corrected chi connectivity index (χ4v) is 1.83. The number of hydrogen-bond acceptors (Lipinski definition) is 4. The van der Waals surface area contributed by atoms with Gasteiger partial charge in [-0.25, -0.2) is 12.8 Å². The first-order valence-corrected chi connectivity index (χ1v) is 7.05. The number of sulfone groups is 1. The Morgan fingerprint density at radius 1 is 1.37 bits per heavy atom. The quantitative estimate of drug-likeness (QED) is 0.633. The van der Waals surface area contributed by atoms with Crippen LogP contribution in [0.15, 0.2) is 23.1 Å². The van der Waals surface area contributed by atoms with Gasteiger partial charge in [-0.2, -0.15) is 0 Å². The van der Waals surface area contributed by atoms with Gasteiger partial charge in [-0.05, 0) is 25.1 Å². The van der Waals surface area contributed by atoms with Crippen LogP contribution >= 0.6 is 0 Å². The molecular weight excluding hydrogens is 277 g/mol. The van der Waals surface area contributed by atoms with E-state index in [0.29, 0.717) is 0 Å². The zero-order valence-corrected chi connectivity index (χ0v) is 11.0. The summed E-state index contributed by atoms with van der Waals surface area (Å²) in [4.78, 5) is 21.9. The van der Waals surface area contributed by atoms with E-state index in [1.54, 1.807) is 0 Å². The highest BCUT2D eigenvalue weighted by molar-refractivity contribution is 7.90. The Bertz CT molecular complexity index is 626.